The molecule has 2 unspecified atom stereocenters. The molecule has 1 spiro atoms. The molecule has 0 saturated carbocycles. The van der Waals surface area contributed by atoms with Crippen LogP contribution in [-0.2, 0) is 9.47 Å². The maximum absolute atomic E-state index is 10.3. The van der Waals surface area contributed by atoms with Crippen LogP contribution in [0.4, 0.5) is 0 Å². The van der Waals surface area contributed by atoms with Crippen LogP contribution in [-0.4, -0.2) is 48.6 Å². The Kier molecular flexibility index (Phi) is 5.80. The van der Waals surface area contributed by atoms with Gasteiger partial charge in [-0.25, -0.2) is 0 Å². The summed E-state index contributed by atoms with van der Waals surface area (Å²) in [4.78, 5) is 0. The Balaban J connectivity index is 1.81. The third-order valence-electron chi connectivity index (χ3n) is 4.33. The number of thioether (sulfide) groups is 1. The standard InChI is InChI=1S/C14H26O3S/c1-18-10-2-3-13(15)12-4-7-17-14(11-12)5-8-16-9-6-14/h12-13,15H,2-11H2,1H3. The van der Waals surface area contributed by atoms with Crippen LogP contribution in [0.2, 0.25) is 0 Å². The molecule has 2 saturated heterocycles. The van der Waals surface area contributed by atoms with Crippen LogP contribution >= 0.6 is 11.8 Å². The van der Waals surface area contributed by atoms with Crippen LogP contribution in [0.15, 0.2) is 0 Å². The summed E-state index contributed by atoms with van der Waals surface area (Å²) in [6.45, 7) is 2.44. The van der Waals surface area contributed by atoms with Crippen molar-refractivity contribution in [3.05, 3.63) is 0 Å². The van der Waals surface area contributed by atoms with Crippen LogP contribution < -0.4 is 0 Å². The van der Waals surface area contributed by atoms with Gasteiger partial charge in [0.15, 0.2) is 0 Å². The molecule has 2 atom stereocenters. The van der Waals surface area contributed by atoms with Gasteiger partial charge in [0.1, 0.15) is 0 Å². The largest absolute Gasteiger partial charge is 0.393 e. The summed E-state index contributed by atoms with van der Waals surface area (Å²) in [5.74, 6) is 1.58. The van der Waals surface area contributed by atoms with Crippen molar-refractivity contribution in [2.75, 3.05) is 31.8 Å². The molecule has 18 heavy (non-hydrogen) atoms. The molecule has 3 nitrogen and oxygen atoms in total. The van der Waals surface area contributed by atoms with Gasteiger partial charge in [0.05, 0.1) is 11.7 Å². The molecule has 2 heterocycles. The van der Waals surface area contributed by atoms with E-state index in [2.05, 4.69) is 6.26 Å². The normalized spacial score (nSPS) is 29.3. The van der Waals surface area contributed by atoms with E-state index in [0.29, 0.717) is 5.92 Å². The first-order valence-electron chi connectivity index (χ1n) is 7.14. The third-order valence-corrected chi connectivity index (χ3v) is 5.02. The third kappa shape index (κ3) is 3.86. The molecule has 106 valence electrons. The Bertz CT molecular complexity index is 236. The first-order chi connectivity index (χ1) is 8.76. The fraction of sp³-hybridized carbons (Fsp3) is 1.00. The maximum Gasteiger partial charge on any atom is 0.0730 e. The molecule has 0 aliphatic carbocycles. The molecule has 2 rings (SSSR count). The van der Waals surface area contributed by atoms with Gasteiger partial charge in [0.2, 0.25) is 0 Å². The average Bonchev–Trinajstić information content (AvgIpc) is 2.40. The molecule has 0 aromatic heterocycles. The molecule has 2 aliphatic heterocycles. The quantitative estimate of drug-likeness (QED) is 0.782. The Labute approximate surface area is 115 Å². The van der Waals surface area contributed by atoms with E-state index in [1.807, 2.05) is 11.8 Å². The SMILES string of the molecule is CSCCCC(O)C1CCOC2(CCOCC2)C1. The molecular formula is C14H26O3S. The highest BCUT2D eigenvalue weighted by molar-refractivity contribution is 7.98. The van der Waals surface area contributed by atoms with Crippen LogP contribution in [0.25, 0.3) is 0 Å². The lowest BCUT2D eigenvalue weighted by Gasteiger charge is -2.44. The van der Waals surface area contributed by atoms with Crippen molar-refractivity contribution in [2.24, 2.45) is 5.92 Å². The monoisotopic (exact) mass is 274 g/mol. The van der Waals surface area contributed by atoms with Crippen LogP contribution in [0.1, 0.15) is 38.5 Å². The van der Waals surface area contributed by atoms with Crippen molar-refractivity contribution in [1.82, 2.24) is 0 Å². The maximum atomic E-state index is 10.3. The summed E-state index contributed by atoms with van der Waals surface area (Å²) >= 11 is 1.86. The lowest BCUT2D eigenvalue weighted by molar-refractivity contribution is -0.158. The number of hydrogen-bond acceptors (Lipinski definition) is 4. The molecule has 2 fully saturated rings. The van der Waals surface area contributed by atoms with Crippen molar-refractivity contribution in [3.8, 4) is 0 Å². The van der Waals surface area contributed by atoms with Gasteiger partial charge in [-0.2, -0.15) is 11.8 Å². The first-order valence-corrected chi connectivity index (χ1v) is 8.54. The van der Waals surface area contributed by atoms with Gasteiger partial charge in [-0.05, 0) is 56.5 Å². The second-order valence-electron chi connectivity index (χ2n) is 5.60. The van der Waals surface area contributed by atoms with Gasteiger partial charge in [-0.1, -0.05) is 0 Å². The minimum absolute atomic E-state index is 0.0155. The van der Waals surface area contributed by atoms with E-state index < -0.39 is 0 Å². The van der Waals surface area contributed by atoms with E-state index in [0.717, 1.165) is 64.1 Å². The molecular weight excluding hydrogens is 248 g/mol. The lowest BCUT2D eigenvalue weighted by atomic mass is 9.78. The summed E-state index contributed by atoms with van der Waals surface area (Å²) < 4.78 is 11.4. The smallest absolute Gasteiger partial charge is 0.0730 e. The highest BCUT2D eigenvalue weighted by Crippen LogP contribution is 2.38. The second-order valence-corrected chi connectivity index (χ2v) is 6.58. The van der Waals surface area contributed by atoms with E-state index in [1.54, 1.807) is 0 Å². The summed E-state index contributed by atoms with van der Waals surface area (Å²) in [6.07, 6.45) is 8.09. The minimum Gasteiger partial charge on any atom is -0.393 e. The molecule has 0 aromatic rings. The van der Waals surface area contributed by atoms with Gasteiger partial charge < -0.3 is 14.6 Å². The highest BCUT2D eigenvalue weighted by Gasteiger charge is 2.40. The zero-order chi connectivity index (χ0) is 12.8. The second kappa shape index (κ2) is 7.13. The molecule has 0 amide bonds. The van der Waals surface area contributed by atoms with Crippen molar-refractivity contribution in [2.45, 2.75) is 50.2 Å². The Hall–Kier alpha value is 0.230. The fourth-order valence-electron chi connectivity index (χ4n) is 3.16. The first kappa shape index (κ1) is 14.6. The summed E-state index contributed by atoms with van der Waals surface area (Å²) in [7, 11) is 0. The zero-order valence-electron chi connectivity index (χ0n) is 11.4. The topological polar surface area (TPSA) is 38.7 Å². The van der Waals surface area contributed by atoms with E-state index in [4.69, 9.17) is 9.47 Å². The van der Waals surface area contributed by atoms with Crippen molar-refractivity contribution in [3.63, 3.8) is 0 Å². The van der Waals surface area contributed by atoms with E-state index >= 15 is 0 Å². The minimum atomic E-state index is -0.138. The van der Waals surface area contributed by atoms with Gasteiger partial charge in [0, 0.05) is 19.8 Å². The van der Waals surface area contributed by atoms with Crippen LogP contribution in [0.5, 0.6) is 0 Å². The number of rotatable bonds is 5. The van der Waals surface area contributed by atoms with Gasteiger partial charge in [-0.15, -0.1) is 0 Å². The predicted molar refractivity (Wildman–Crippen MR) is 75.1 cm³/mol. The van der Waals surface area contributed by atoms with Gasteiger partial charge in [-0.3, -0.25) is 0 Å². The van der Waals surface area contributed by atoms with Gasteiger partial charge >= 0.3 is 0 Å². The molecule has 0 radical (unpaired) electrons. The Morgan fingerprint density at radius 2 is 2.11 bits per heavy atom. The number of hydrogen-bond donors (Lipinski definition) is 1. The molecule has 0 aromatic carbocycles. The number of aliphatic hydroxyl groups is 1. The van der Waals surface area contributed by atoms with E-state index in [-0.39, 0.29) is 11.7 Å². The van der Waals surface area contributed by atoms with Gasteiger partial charge in [0.25, 0.3) is 0 Å². The Morgan fingerprint density at radius 3 is 2.83 bits per heavy atom. The molecule has 2 aliphatic rings. The van der Waals surface area contributed by atoms with Crippen molar-refractivity contribution in [1.29, 1.82) is 0 Å². The van der Waals surface area contributed by atoms with Crippen LogP contribution in [0, 0.1) is 5.92 Å². The van der Waals surface area contributed by atoms with Crippen LogP contribution in [0.3, 0.4) is 0 Å². The fourth-order valence-corrected chi connectivity index (χ4v) is 3.61. The number of aliphatic hydroxyl groups excluding tert-OH is 1. The number of ether oxygens (including phenoxy) is 2. The van der Waals surface area contributed by atoms with Crippen molar-refractivity contribution < 1.29 is 14.6 Å². The highest BCUT2D eigenvalue weighted by atomic mass is 32.2. The summed E-state index contributed by atoms with van der Waals surface area (Å²) in [6, 6.07) is 0. The molecule has 0 bridgehead atoms. The van der Waals surface area contributed by atoms with E-state index in [1.165, 1.54) is 0 Å². The van der Waals surface area contributed by atoms with E-state index in [9.17, 15) is 5.11 Å². The average molecular weight is 274 g/mol. The molecule has 1 N–H and O–H groups in total. The summed E-state index contributed by atoms with van der Waals surface area (Å²) in [5.41, 5.74) is 0.0155. The molecule has 4 heteroatoms. The Morgan fingerprint density at radius 1 is 1.33 bits per heavy atom. The summed E-state index contributed by atoms with van der Waals surface area (Å²) in [5, 5.41) is 10.3. The van der Waals surface area contributed by atoms with Crippen molar-refractivity contribution >= 4 is 11.8 Å². The lowest BCUT2D eigenvalue weighted by Crippen LogP contribution is -2.46. The zero-order valence-corrected chi connectivity index (χ0v) is 12.2. The predicted octanol–water partition coefficient (Wildman–Crippen LogP) is 2.47.